The van der Waals surface area contributed by atoms with Gasteiger partial charge in [-0.05, 0) is 77.0 Å². The van der Waals surface area contributed by atoms with Crippen LogP contribution in [-0.4, -0.2) is 50.6 Å². The number of carboxylic acid groups (broad SMARTS) is 1. The molecule has 0 unspecified atom stereocenters. The smallest absolute Gasteiger partial charge is 0.402 e. The highest BCUT2D eigenvalue weighted by molar-refractivity contribution is 5.78. The van der Waals surface area contributed by atoms with Gasteiger partial charge < -0.3 is 25.4 Å². The van der Waals surface area contributed by atoms with Crippen LogP contribution in [0.15, 0.2) is 24.4 Å². The lowest BCUT2D eigenvalue weighted by molar-refractivity contribution is -0.163. The lowest BCUT2D eigenvalue weighted by Gasteiger charge is -2.36. The van der Waals surface area contributed by atoms with Crippen LogP contribution < -0.4 is 10.5 Å². The van der Waals surface area contributed by atoms with Crippen LogP contribution in [0.1, 0.15) is 58.4 Å². The number of nitrogens with zero attached hydrogens (tertiary/aromatic N) is 2. The van der Waals surface area contributed by atoms with Crippen LogP contribution >= 0.6 is 0 Å². The van der Waals surface area contributed by atoms with Gasteiger partial charge in [-0.1, -0.05) is 0 Å². The highest BCUT2D eigenvalue weighted by Gasteiger charge is 2.37. The van der Waals surface area contributed by atoms with Crippen LogP contribution in [0.5, 0.6) is 5.88 Å². The van der Waals surface area contributed by atoms with Gasteiger partial charge in [0.1, 0.15) is 5.60 Å². The van der Waals surface area contributed by atoms with Crippen molar-refractivity contribution in [2.24, 2.45) is 11.7 Å². The summed E-state index contributed by atoms with van der Waals surface area (Å²) in [4.78, 5) is 29.9. The number of rotatable bonds is 5. The molecule has 1 amide bonds. The number of primary amides is 1. The molecule has 0 saturated heterocycles. The van der Waals surface area contributed by atoms with E-state index in [4.69, 9.17) is 19.4 Å². The van der Waals surface area contributed by atoms with Crippen LogP contribution in [0.2, 0.25) is 0 Å². The van der Waals surface area contributed by atoms with Crippen LogP contribution in [0.4, 0.5) is 4.79 Å². The molecule has 2 heterocycles. The van der Waals surface area contributed by atoms with Crippen LogP contribution in [-0.2, 0) is 16.0 Å². The van der Waals surface area contributed by atoms with Crippen molar-refractivity contribution >= 4 is 23.1 Å². The number of methoxy groups -OCH3 is 1. The lowest BCUT2D eigenvalue weighted by atomic mass is 9.76. The van der Waals surface area contributed by atoms with Gasteiger partial charge in [0.05, 0.1) is 29.7 Å². The van der Waals surface area contributed by atoms with E-state index >= 15 is 0 Å². The maximum atomic E-state index is 12.3. The second-order valence-corrected chi connectivity index (χ2v) is 9.06. The Morgan fingerprint density at radius 3 is 2.41 bits per heavy atom. The molecule has 4 N–H and O–H groups in total. The molecule has 0 bridgehead atoms. The van der Waals surface area contributed by atoms with Crippen LogP contribution in [0, 0.1) is 5.92 Å². The van der Waals surface area contributed by atoms with Crippen LogP contribution in [0.3, 0.4) is 0 Å². The molecule has 9 heteroatoms. The van der Waals surface area contributed by atoms with Crippen molar-refractivity contribution in [3.63, 3.8) is 0 Å². The van der Waals surface area contributed by atoms with Crippen molar-refractivity contribution in [3.8, 4) is 5.88 Å². The number of amides is 1. The second kappa shape index (κ2) is 10.6. The van der Waals surface area contributed by atoms with E-state index in [0.717, 1.165) is 16.6 Å². The van der Waals surface area contributed by atoms with Crippen molar-refractivity contribution < 1.29 is 29.3 Å². The Bertz CT molecular complexity index is 929. The maximum absolute atomic E-state index is 12.3. The predicted octanol–water partition coefficient (Wildman–Crippen LogP) is 3.46. The number of ether oxygens (including phenoxy) is 2. The van der Waals surface area contributed by atoms with Gasteiger partial charge in [0.15, 0.2) is 0 Å². The monoisotopic (exact) mass is 447 g/mol. The first-order chi connectivity index (χ1) is 14.9. The van der Waals surface area contributed by atoms with E-state index in [-0.39, 0.29) is 11.9 Å². The van der Waals surface area contributed by atoms with E-state index < -0.39 is 17.3 Å². The SMILES string of the molecule is COc1ccc2nccc(CCC3(O)CCC(C(=O)OC(C)(C)C)CC3)c2n1.NC(=O)O. The van der Waals surface area contributed by atoms with Crippen molar-refractivity contribution in [1.82, 2.24) is 9.97 Å². The zero-order valence-corrected chi connectivity index (χ0v) is 19.1. The number of aromatic nitrogens is 2. The van der Waals surface area contributed by atoms with Crippen LogP contribution in [0.25, 0.3) is 11.0 Å². The number of fused-ring (bicyclic) bond motifs is 1. The molecular formula is C23H33N3O6. The molecule has 1 fully saturated rings. The Labute approximate surface area is 188 Å². The summed E-state index contributed by atoms with van der Waals surface area (Å²) < 4.78 is 10.7. The first-order valence-corrected chi connectivity index (χ1v) is 10.6. The number of esters is 1. The molecule has 2 aromatic heterocycles. The quantitative estimate of drug-likeness (QED) is 0.591. The molecule has 0 spiro atoms. The van der Waals surface area contributed by atoms with E-state index in [1.165, 1.54) is 0 Å². The van der Waals surface area contributed by atoms with Gasteiger partial charge in [-0.3, -0.25) is 9.78 Å². The minimum atomic E-state index is -1.33. The first kappa shape index (κ1) is 25.3. The normalized spacial score (nSPS) is 20.7. The second-order valence-electron chi connectivity index (χ2n) is 9.06. The van der Waals surface area contributed by atoms with Gasteiger partial charge in [0.2, 0.25) is 5.88 Å². The molecule has 1 aliphatic rings. The Morgan fingerprint density at radius 1 is 1.22 bits per heavy atom. The highest BCUT2D eigenvalue weighted by atomic mass is 16.6. The van der Waals surface area contributed by atoms with Gasteiger partial charge in [0, 0.05) is 12.3 Å². The molecular weight excluding hydrogens is 414 g/mol. The molecule has 0 atom stereocenters. The van der Waals surface area contributed by atoms with Crippen molar-refractivity contribution in [2.45, 2.75) is 70.5 Å². The number of hydrogen-bond donors (Lipinski definition) is 3. The Kier molecular flexibility index (Phi) is 8.38. The Hall–Kier alpha value is -2.94. The third-order valence-corrected chi connectivity index (χ3v) is 5.37. The summed E-state index contributed by atoms with van der Waals surface area (Å²) in [5.74, 6) is 0.288. The average Bonchev–Trinajstić information content (AvgIpc) is 2.70. The third-order valence-electron chi connectivity index (χ3n) is 5.37. The molecule has 2 aromatic rings. The Morgan fingerprint density at radius 2 is 1.84 bits per heavy atom. The topological polar surface area (TPSA) is 145 Å². The fourth-order valence-electron chi connectivity index (χ4n) is 3.77. The molecule has 1 saturated carbocycles. The minimum absolute atomic E-state index is 0.118. The number of hydrogen-bond acceptors (Lipinski definition) is 7. The molecule has 0 radical (unpaired) electrons. The van der Waals surface area contributed by atoms with Gasteiger partial charge in [-0.25, -0.2) is 9.78 Å². The van der Waals surface area contributed by atoms with Crippen molar-refractivity contribution in [2.75, 3.05) is 7.11 Å². The molecule has 3 rings (SSSR count). The van der Waals surface area contributed by atoms with Gasteiger partial charge in [-0.2, -0.15) is 0 Å². The van der Waals surface area contributed by atoms with Gasteiger partial charge in [-0.15, -0.1) is 0 Å². The summed E-state index contributed by atoms with van der Waals surface area (Å²) in [6, 6.07) is 5.64. The van der Waals surface area contributed by atoms with Crippen molar-refractivity contribution in [3.05, 3.63) is 30.0 Å². The summed E-state index contributed by atoms with van der Waals surface area (Å²) in [6.07, 6.45) is 4.31. The molecule has 32 heavy (non-hydrogen) atoms. The summed E-state index contributed by atoms with van der Waals surface area (Å²) in [6.45, 7) is 5.64. The van der Waals surface area contributed by atoms with Crippen molar-refractivity contribution in [1.29, 1.82) is 0 Å². The highest BCUT2D eigenvalue weighted by Crippen LogP contribution is 2.36. The predicted molar refractivity (Wildman–Crippen MR) is 119 cm³/mol. The number of carbonyl (C=O) groups excluding carboxylic acids is 1. The molecule has 9 nitrogen and oxygen atoms in total. The number of nitrogens with two attached hydrogens (primary N) is 1. The molecule has 0 aliphatic heterocycles. The van der Waals surface area contributed by atoms with E-state index in [0.29, 0.717) is 44.4 Å². The molecule has 0 aromatic carbocycles. The summed E-state index contributed by atoms with van der Waals surface area (Å²) >= 11 is 0. The third kappa shape index (κ3) is 7.64. The number of aliphatic hydroxyl groups is 1. The minimum Gasteiger partial charge on any atom is -0.481 e. The zero-order valence-electron chi connectivity index (χ0n) is 19.1. The first-order valence-electron chi connectivity index (χ1n) is 10.6. The zero-order chi connectivity index (χ0) is 23.9. The number of aryl methyl sites for hydroxylation is 1. The van der Waals surface area contributed by atoms with E-state index in [9.17, 15) is 9.90 Å². The molecule has 176 valence electrons. The molecule has 1 aliphatic carbocycles. The summed E-state index contributed by atoms with van der Waals surface area (Å²) in [7, 11) is 1.59. The van der Waals surface area contributed by atoms with E-state index in [1.807, 2.05) is 32.9 Å². The van der Waals surface area contributed by atoms with E-state index in [2.05, 4.69) is 15.7 Å². The Balaban J connectivity index is 0.000000837. The summed E-state index contributed by atoms with van der Waals surface area (Å²) in [5, 5.41) is 18.2. The maximum Gasteiger partial charge on any atom is 0.402 e. The van der Waals surface area contributed by atoms with E-state index in [1.54, 1.807) is 19.4 Å². The largest absolute Gasteiger partial charge is 0.481 e. The lowest BCUT2D eigenvalue weighted by Crippen LogP contribution is -2.38. The standard InChI is InChI=1S/C22H30N2O4.CH3NO2/c1-21(2,3)28-20(25)16-8-12-22(26,13-9-16)11-7-15-10-14-23-17-5-6-18(27-4)24-19(15)17;2-1(3)4/h5-6,10,14,16,26H,7-9,11-13H2,1-4H3;2H2,(H,3,4). The summed E-state index contributed by atoms with van der Waals surface area (Å²) in [5.41, 5.74) is 5.48. The number of pyridine rings is 2. The number of carbonyl (C=O) groups is 2. The fourth-order valence-corrected chi connectivity index (χ4v) is 3.77. The fraction of sp³-hybridized carbons (Fsp3) is 0.565. The van der Waals surface area contributed by atoms with Gasteiger partial charge >= 0.3 is 12.1 Å². The average molecular weight is 448 g/mol. The van der Waals surface area contributed by atoms with Gasteiger partial charge in [0.25, 0.3) is 0 Å².